The Hall–Kier alpha value is -1.60. The summed E-state index contributed by atoms with van der Waals surface area (Å²) in [6.45, 7) is 0. The van der Waals surface area contributed by atoms with E-state index in [9.17, 15) is 5.11 Å². The van der Waals surface area contributed by atoms with Crippen LogP contribution in [-0.4, -0.2) is 11.2 Å². The highest BCUT2D eigenvalue weighted by molar-refractivity contribution is 5.83. The van der Waals surface area contributed by atoms with Gasteiger partial charge in [-0.1, -0.05) is 48.5 Å². The molecular formula is C20H22O. The van der Waals surface area contributed by atoms with Crippen LogP contribution in [0.1, 0.15) is 43.6 Å². The van der Waals surface area contributed by atoms with E-state index in [0.717, 1.165) is 12.8 Å². The maximum absolute atomic E-state index is 10.8. The van der Waals surface area contributed by atoms with Gasteiger partial charge in [-0.2, -0.15) is 0 Å². The van der Waals surface area contributed by atoms with Crippen LogP contribution in [0.5, 0.6) is 0 Å². The topological polar surface area (TPSA) is 20.2 Å². The Morgan fingerprint density at radius 1 is 0.905 bits per heavy atom. The van der Waals surface area contributed by atoms with E-state index in [1.807, 2.05) is 0 Å². The predicted molar refractivity (Wildman–Crippen MR) is 87.4 cm³/mol. The maximum atomic E-state index is 10.8. The van der Waals surface area contributed by atoms with Gasteiger partial charge >= 0.3 is 0 Å². The van der Waals surface area contributed by atoms with Crippen LogP contribution in [0.15, 0.2) is 54.1 Å². The maximum Gasteiger partial charge on any atom is 0.0821 e. The molecule has 3 unspecified atom stereocenters. The molecule has 108 valence electrons. The molecule has 0 saturated heterocycles. The molecule has 2 aliphatic rings. The van der Waals surface area contributed by atoms with Gasteiger partial charge in [0, 0.05) is 5.92 Å². The van der Waals surface area contributed by atoms with Crippen LogP contribution in [0, 0.1) is 5.92 Å². The second-order valence-electron chi connectivity index (χ2n) is 6.57. The summed E-state index contributed by atoms with van der Waals surface area (Å²) in [6.07, 6.45) is 8.10. The molecule has 1 N–H and O–H groups in total. The summed E-state index contributed by atoms with van der Waals surface area (Å²) in [5.41, 5.74) is 2.62. The van der Waals surface area contributed by atoms with Gasteiger partial charge in [0.2, 0.25) is 0 Å². The van der Waals surface area contributed by atoms with E-state index in [2.05, 4.69) is 48.5 Å². The standard InChI is InChI=1S/C20H22O/c21-20-18-8-4-3-6-15(18)11-12-19(20)17-10-9-14-5-1-2-7-16(14)13-17/h1-2,5,7-10,13,15,19-21H,3-4,6,11-12H2. The first-order valence-electron chi connectivity index (χ1n) is 8.19. The molecule has 0 bridgehead atoms. The Balaban J connectivity index is 1.69. The van der Waals surface area contributed by atoms with Crippen LogP contribution in [0.2, 0.25) is 0 Å². The van der Waals surface area contributed by atoms with E-state index in [0.29, 0.717) is 5.92 Å². The van der Waals surface area contributed by atoms with Gasteiger partial charge in [0.25, 0.3) is 0 Å². The molecule has 0 radical (unpaired) electrons. The molecule has 21 heavy (non-hydrogen) atoms. The molecule has 0 aromatic heterocycles. The first-order valence-corrected chi connectivity index (χ1v) is 8.19. The molecule has 1 fully saturated rings. The predicted octanol–water partition coefficient (Wildman–Crippen LogP) is 4.80. The average Bonchev–Trinajstić information content (AvgIpc) is 2.55. The summed E-state index contributed by atoms with van der Waals surface area (Å²) in [4.78, 5) is 0. The number of rotatable bonds is 1. The van der Waals surface area contributed by atoms with Crippen molar-refractivity contribution in [2.45, 2.75) is 44.1 Å². The minimum Gasteiger partial charge on any atom is -0.388 e. The van der Waals surface area contributed by atoms with Crippen LogP contribution < -0.4 is 0 Å². The van der Waals surface area contributed by atoms with Gasteiger partial charge in [0.15, 0.2) is 0 Å². The molecule has 1 saturated carbocycles. The lowest BCUT2D eigenvalue weighted by Gasteiger charge is -2.38. The summed E-state index contributed by atoms with van der Waals surface area (Å²) in [6, 6.07) is 15.1. The molecule has 1 heteroatoms. The third kappa shape index (κ3) is 2.30. The molecule has 0 heterocycles. The van der Waals surface area contributed by atoms with Crippen LogP contribution in [0.4, 0.5) is 0 Å². The van der Waals surface area contributed by atoms with Crippen molar-refractivity contribution in [3.05, 3.63) is 59.7 Å². The summed E-state index contributed by atoms with van der Waals surface area (Å²) < 4.78 is 0. The van der Waals surface area contributed by atoms with Crippen molar-refractivity contribution < 1.29 is 5.11 Å². The molecule has 3 atom stereocenters. The van der Waals surface area contributed by atoms with Gasteiger partial charge in [-0.3, -0.25) is 0 Å². The molecule has 0 aliphatic heterocycles. The lowest BCUT2D eigenvalue weighted by molar-refractivity contribution is 0.129. The van der Waals surface area contributed by atoms with Crippen molar-refractivity contribution in [2.24, 2.45) is 5.92 Å². The van der Waals surface area contributed by atoms with Crippen LogP contribution in [-0.2, 0) is 0 Å². The molecule has 2 aromatic carbocycles. The fourth-order valence-corrected chi connectivity index (χ4v) is 4.20. The third-order valence-corrected chi connectivity index (χ3v) is 5.36. The van der Waals surface area contributed by atoms with Gasteiger partial charge in [-0.15, -0.1) is 0 Å². The van der Waals surface area contributed by atoms with Crippen molar-refractivity contribution in [3.63, 3.8) is 0 Å². The normalized spacial score (nSPS) is 29.0. The van der Waals surface area contributed by atoms with E-state index >= 15 is 0 Å². The number of hydrogen-bond donors (Lipinski definition) is 1. The van der Waals surface area contributed by atoms with E-state index in [1.54, 1.807) is 0 Å². The number of aliphatic hydroxyl groups excluding tert-OH is 1. The highest BCUT2D eigenvalue weighted by Crippen LogP contribution is 2.43. The van der Waals surface area contributed by atoms with Crippen molar-refractivity contribution >= 4 is 10.8 Å². The van der Waals surface area contributed by atoms with E-state index in [4.69, 9.17) is 0 Å². The SMILES string of the molecule is OC1C2=CCCCC2CCC1c1ccc2ccccc2c1. The van der Waals surface area contributed by atoms with Crippen molar-refractivity contribution in [1.29, 1.82) is 0 Å². The molecule has 2 aliphatic carbocycles. The Kier molecular flexibility index (Phi) is 3.31. The van der Waals surface area contributed by atoms with E-state index in [-0.39, 0.29) is 12.0 Å². The number of allylic oxidation sites excluding steroid dienone is 1. The summed E-state index contributed by atoms with van der Waals surface area (Å²) >= 11 is 0. The Labute approximate surface area is 126 Å². The summed E-state index contributed by atoms with van der Waals surface area (Å²) in [5, 5.41) is 13.4. The largest absolute Gasteiger partial charge is 0.388 e. The first kappa shape index (κ1) is 13.1. The van der Waals surface area contributed by atoms with E-state index in [1.165, 1.54) is 41.2 Å². The minimum atomic E-state index is -0.273. The summed E-state index contributed by atoms with van der Waals surface area (Å²) in [7, 11) is 0. The summed E-state index contributed by atoms with van der Waals surface area (Å²) in [5.74, 6) is 0.917. The van der Waals surface area contributed by atoms with Gasteiger partial charge < -0.3 is 5.11 Å². The number of hydrogen-bond acceptors (Lipinski definition) is 1. The lowest BCUT2D eigenvalue weighted by Crippen LogP contribution is -2.32. The number of aliphatic hydroxyl groups is 1. The molecular weight excluding hydrogens is 256 g/mol. The fourth-order valence-electron chi connectivity index (χ4n) is 4.20. The lowest BCUT2D eigenvalue weighted by atomic mass is 9.69. The monoisotopic (exact) mass is 278 g/mol. The molecule has 4 rings (SSSR count). The molecule has 0 amide bonds. The zero-order valence-electron chi connectivity index (χ0n) is 12.3. The smallest absolute Gasteiger partial charge is 0.0821 e. The third-order valence-electron chi connectivity index (χ3n) is 5.36. The highest BCUT2D eigenvalue weighted by Gasteiger charge is 2.35. The van der Waals surface area contributed by atoms with Crippen molar-refractivity contribution in [3.8, 4) is 0 Å². The fraction of sp³-hybridized carbons (Fsp3) is 0.400. The van der Waals surface area contributed by atoms with Crippen molar-refractivity contribution in [2.75, 3.05) is 0 Å². The van der Waals surface area contributed by atoms with Gasteiger partial charge in [-0.25, -0.2) is 0 Å². The van der Waals surface area contributed by atoms with Gasteiger partial charge in [0.1, 0.15) is 0 Å². The van der Waals surface area contributed by atoms with Crippen LogP contribution >= 0.6 is 0 Å². The zero-order chi connectivity index (χ0) is 14.2. The molecule has 1 nitrogen and oxygen atoms in total. The number of benzene rings is 2. The first-order chi connectivity index (χ1) is 10.3. The van der Waals surface area contributed by atoms with Gasteiger partial charge in [0.05, 0.1) is 6.10 Å². The quantitative estimate of drug-likeness (QED) is 0.743. The Morgan fingerprint density at radius 3 is 2.67 bits per heavy atom. The van der Waals surface area contributed by atoms with Crippen LogP contribution in [0.3, 0.4) is 0 Å². The van der Waals surface area contributed by atoms with Crippen molar-refractivity contribution in [1.82, 2.24) is 0 Å². The second kappa shape index (κ2) is 5.31. The van der Waals surface area contributed by atoms with E-state index < -0.39 is 0 Å². The number of fused-ring (bicyclic) bond motifs is 2. The second-order valence-corrected chi connectivity index (χ2v) is 6.57. The van der Waals surface area contributed by atoms with Gasteiger partial charge in [-0.05, 0) is 59.9 Å². The molecule has 0 spiro atoms. The molecule has 2 aromatic rings. The minimum absolute atomic E-state index is 0.273. The zero-order valence-corrected chi connectivity index (χ0v) is 12.3. The Bertz CT molecular complexity index is 685. The average molecular weight is 278 g/mol. The Morgan fingerprint density at radius 2 is 1.76 bits per heavy atom. The van der Waals surface area contributed by atoms with Crippen LogP contribution in [0.25, 0.3) is 10.8 Å². The highest BCUT2D eigenvalue weighted by atomic mass is 16.3.